The van der Waals surface area contributed by atoms with Gasteiger partial charge in [0.05, 0.1) is 24.3 Å². The molecule has 1 aromatic carbocycles. The van der Waals surface area contributed by atoms with Gasteiger partial charge in [-0.05, 0) is 48.4 Å². The Hall–Kier alpha value is -2.95. The van der Waals surface area contributed by atoms with Crippen molar-refractivity contribution in [3.63, 3.8) is 0 Å². The first-order valence-electron chi connectivity index (χ1n) is 12.5. The van der Waals surface area contributed by atoms with E-state index in [0.717, 1.165) is 42.3 Å². The Balaban J connectivity index is 1.31. The summed E-state index contributed by atoms with van der Waals surface area (Å²) in [5.74, 6) is -0.749. The molecule has 11 heteroatoms. The molecule has 1 aromatic heterocycles. The highest BCUT2D eigenvalue weighted by Gasteiger charge is 2.47. The fraction of sp³-hybridized carbons (Fsp3) is 0.560. The second kappa shape index (κ2) is 8.29. The smallest absolute Gasteiger partial charge is 0.257 e. The van der Waals surface area contributed by atoms with Gasteiger partial charge in [-0.25, -0.2) is 17.5 Å². The number of alkyl halides is 1. The first-order valence-corrected chi connectivity index (χ1v) is 14.6. The predicted octanol–water partition coefficient (Wildman–Crippen LogP) is 1.95. The zero-order valence-corrected chi connectivity index (χ0v) is 21.0. The van der Waals surface area contributed by atoms with Gasteiger partial charge in [-0.15, -0.1) is 0 Å². The fourth-order valence-corrected chi connectivity index (χ4v) is 6.32. The molecule has 0 unspecified atom stereocenters. The summed E-state index contributed by atoms with van der Waals surface area (Å²) in [4.78, 5) is 28.0. The molecule has 2 aliphatic heterocycles. The third kappa shape index (κ3) is 4.27. The molecular formula is C25H30FN5O4S. The van der Waals surface area contributed by atoms with Crippen LogP contribution in [0.5, 0.6) is 0 Å². The highest BCUT2D eigenvalue weighted by Crippen LogP contribution is 2.45. The van der Waals surface area contributed by atoms with Crippen molar-refractivity contribution in [2.45, 2.75) is 56.8 Å². The van der Waals surface area contributed by atoms with Gasteiger partial charge in [-0.2, -0.15) is 5.10 Å². The maximum atomic E-state index is 13.5. The minimum Gasteiger partial charge on any atom is -0.366 e. The van der Waals surface area contributed by atoms with Crippen molar-refractivity contribution < 1.29 is 22.4 Å². The molecule has 2 N–H and O–H groups in total. The van der Waals surface area contributed by atoms with Gasteiger partial charge in [0.15, 0.2) is 9.84 Å². The van der Waals surface area contributed by atoms with Gasteiger partial charge in [0, 0.05) is 24.9 Å². The van der Waals surface area contributed by atoms with E-state index in [1.54, 1.807) is 4.68 Å². The molecule has 0 radical (unpaired) electrons. The largest absolute Gasteiger partial charge is 0.366 e. The molecule has 1 saturated carbocycles. The van der Waals surface area contributed by atoms with Gasteiger partial charge in [0.1, 0.15) is 23.3 Å². The van der Waals surface area contributed by atoms with E-state index in [2.05, 4.69) is 16.7 Å². The molecule has 1 saturated heterocycles. The monoisotopic (exact) mass is 515 g/mol. The van der Waals surface area contributed by atoms with Gasteiger partial charge in [0.25, 0.3) is 5.91 Å². The van der Waals surface area contributed by atoms with Crippen molar-refractivity contribution in [1.29, 1.82) is 0 Å². The molecule has 2 aliphatic carbocycles. The number of halogens is 1. The lowest BCUT2D eigenvalue weighted by Gasteiger charge is -2.37. The number of nitrogens with zero attached hydrogens (tertiary/aromatic N) is 3. The van der Waals surface area contributed by atoms with E-state index < -0.39 is 33.2 Å². The number of rotatable bonds is 7. The molecule has 2 fully saturated rings. The summed E-state index contributed by atoms with van der Waals surface area (Å²) in [7, 11) is -3.52. The Morgan fingerprint density at radius 2 is 2.08 bits per heavy atom. The maximum Gasteiger partial charge on any atom is 0.257 e. The van der Waals surface area contributed by atoms with Crippen molar-refractivity contribution in [3.8, 4) is 0 Å². The molecule has 2 aromatic rings. The average molecular weight is 516 g/mol. The molecule has 9 nitrogen and oxygen atoms in total. The number of sulfone groups is 1. The van der Waals surface area contributed by atoms with Gasteiger partial charge in [-0.3, -0.25) is 9.59 Å². The van der Waals surface area contributed by atoms with Crippen LogP contribution in [-0.4, -0.2) is 61.3 Å². The molecule has 6 rings (SSSR count). The number of aryl methyl sites for hydroxylation is 2. The lowest BCUT2D eigenvalue weighted by molar-refractivity contribution is -0.113. The maximum absolute atomic E-state index is 13.5. The van der Waals surface area contributed by atoms with Crippen molar-refractivity contribution in [2.24, 2.45) is 5.92 Å². The lowest BCUT2D eigenvalue weighted by atomic mass is 9.82. The van der Waals surface area contributed by atoms with Gasteiger partial charge < -0.3 is 15.5 Å². The minimum atomic E-state index is -3.52. The molecule has 1 spiro atoms. The van der Waals surface area contributed by atoms with E-state index in [-0.39, 0.29) is 11.7 Å². The van der Waals surface area contributed by atoms with E-state index in [1.165, 1.54) is 12.8 Å². The first kappa shape index (κ1) is 23.4. The molecule has 192 valence electrons. The zero-order chi connectivity index (χ0) is 25.2. The average Bonchev–Trinajstić information content (AvgIpc) is 3.46. The standard InChI is InChI=1S/C25H30FN5O4S/c1-36(34,35)14-21(32)27-23-22-20(29-31(23)9-7-15-2-3-15)11-25(28-24(22)33)8-6-16-10-18(4-5-19(16)25)30-12-17(26)13-30/h4-5,10,15,17H,2-3,6-9,11-14H2,1H3,(H,27,32)(H,28,33)/t25-/m1/s1. The van der Waals surface area contributed by atoms with Crippen LogP contribution in [0.25, 0.3) is 0 Å². The van der Waals surface area contributed by atoms with Crippen LogP contribution >= 0.6 is 0 Å². The number of benzene rings is 1. The molecule has 4 aliphatic rings. The van der Waals surface area contributed by atoms with Crippen LogP contribution in [0.2, 0.25) is 0 Å². The Bertz CT molecular complexity index is 1360. The van der Waals surface area contributed by atoms with E-state index >= 15 is 0 Å². The summed E-state index contributed by atoms with van der Waals surface area (Å²) in [6.45, 7) is 1.38. The SMILES string of the molecule is CS(=O)(=O)CC(=O)Nc1c2c(nn1CCC1CC1)C[C@@]1(CCc3cc(N4CC(F)C4)ccc31)NC2=O. The summed E-state index contributed by atoms with van der Waals surface area (Å²) in [6, 6.07) is 6.13. The number of hydrogen-bond acceptors (Lipinski definition) is 6. The van der Waals surface area contributed by atoms with Crippen LogP contribution in [0.4, 0.5) is 15.9 Å². The fourth-order valence-electron chi connectivity index (χ4n) is 5.77. The summed E-state index contributed by atoms with van der Waals surface area (Å²) in [5.41, 5.74) is 3.55. The molecular weight excluding hydrogens is 485 g/mol. The minimum absolute atomic E-state index is 0.277. The van der Waals surface area contributed by atoms with Crippen LogP contribution in [0.15, 0.2) is 18.2 Å². The van der Waals surface area contributed by atoms with E-state index in [4.69, 9.17) is 5.10 Å². The van der Waals surface area contributed by atoms with Gasteiger partial charge in [0.2, 0.25) is 5.91 Å². The number of fused-ring (bicyclic) bond motifs is 3. The summed E-state index contributed by atoms with van der Waals surface area (Å²) in [5, 5.41) is 10.6. The number of hydrogen-bond donors (Lipinski definition) is 2. The van der Waals surface area contributed by atoms with Crippen LogP contribution in [-0.2, 0) is 39.6 Å². The summed E-state index contributed by atoms with van der Waals surface area (Å²) >= 11 is 0. The highest BCUT2D eigenvalue weighted by atomic mass is 32.2. The summed E-state index contributed by atoms with van der Waals surface area (Å²) in [6.07, 6.45) is 5.48. The molecule has 3 heterocycles. The molecule has 36 heavy (non-hydrogen) atoms. The number of amides is 2. The van der Waals surface area contributed by atoms with Gasteiger partial charge in [-0.1, -0.05) is 18.9 Å². The van der Waals surface area contributed by atoms with Crippen LogP contribution < -0.4 is 15.5 Å². The number of nitrogens with one attached hydrogen (secondary N) is 2. The normalized spacial score (nSPS) is 23.3. The number of aromatic nitrogens is 2. The van der Waals surface area contributed by atoms with Crippen molar-refractivity contribution in [1.82, 2.24) is 15.1 Å². The Labute approximate surface area is 209 Å². The summed E-state index contributed by atoms with van der Waals surface area (Å²) < 4.78 is 38.3. The molecule has 2 amide bonds. The van der Waals surface area contributed by atoms with Crippen LogP contribution in [0.3, 0.4) is 0 Å². The van der Waals surface area contributed by atoms with Crippen molar-refractivity contribution in [3.05, 3.63) is 40.6 Å². The third-order valence-electron chi connectivity index (χ3n) is 7.80. The van der Waals surface area contributed by atoms with Gasteiger partial charge >= 0.3 is 0 Å². The Morgan fingerprint density at radius 3 is 2.78 bits per heavy atom. The quantitative estimate of drug-likeness (QED) is 0.583. The van der Waals surface area contributed by atoms with Crippen LogP contribution in [0.1, 0.15) is 52.9 Å². The van der Waals surface area contributed by atoms with E-state index in [0.29, 0.717) is 43.2 Å². The second-order valence-corrected chi connectivity index (χ2v) is 12.9. The molecule has 0 bridgehead atoms. The number of carbonyl (C=O) groups is 2. The topological polar surface area (TPSA) is 113 Å². The highest BCUT2D eigenvalue weighted by molar-refractivity contribution is 7.91. The predicted molar refractivity (Wildman–Crippen MR) is 133 cm³/mol. The van der Waals surface area contributed by atoms with E-state index in [1.807, 2.05) is 17.0 Å². The second-order valence-electron chi connectivity index (χ2n) is 10.8. The lowest BCUT2D eigenvalue weighted by Crippen LogP contribution is -2.50. The van der Waals surface area contributed by atoms with E-state index in [9.17, 15) is 22.4 Å². The molecule has 1 atom stereocenters. The first-order chi connectivity index (χ1) is 17.1. The Kier molecular flexibility index (Phi) is 5.40. The Morgan fingerprint density at radius 1 is 1.31 bits per heavy atom. The van der Waals surface area contributed by atoms with Crippen LogP contribution in [0, 0.1) is 5.92 Å². The number of anilines is 2. The third-order valence-corrected chi connectivity index (χ3v) is 8.59. The van der Waals surface area contributed by atoms with Crippen molar-refractivity contribution in [2.75, 3.05) is 35.3 Å². The van der Waals surface area contributed by atoms with Crippen molar-refractivity contribution >= 4 is 33.2 Å². The number of carbonyl (C=O) groups excluding carboxylic acids is 2. The zero-order valence-electron chi connectivity index (χ0n) is 20.2.